The first-order valence-corrected chi connectivity index (χ1v) is 5.49. The fourth-order valence-electron chi connectivity index (χ4n) is 0.758. The highest BCUT2D eigenvalue weighted by Gasteiger charge is 2.05. The Balaban J connectivity index is 3.24. The number of hydrogen-bond acceptors (Lipinski definition) is 4. The summed E-state index contributed by atoms with van der Waals surface area (Å²) >= 11 is 0. The molecule has 0 saturated carbocycles. The van der Waals surface area contributed by atoms with Gasteiger partial charge in [0.05, 0.1) is 6.61 Å². The van der Waals surface area contributed by atoms with Crippen molar-refractivity contribution in [1.82, 2.24) is 10.8 Å². The molecule has 0 aromatic rings. The number of carbonyl (C=O) groups excluding carboxylic acids is 1. The minimum Gasteiger partial charge on any atom is -0.447 e. The maximum Gasteiger partial charge on any atom is 0.407 e. The van der Waals surface area contributed by atoms with Gasteiger partial charge >= 0.3 is 6.09 Å². The van der Waals surface area contributed by atoms with Crippen LogP contribution in [0.2, 0.25) is 0 Å². The molecule has 0 spiro atoms. The Morgan fingerprint density at radius 3 is 2.67 bits per heavy atom. The van der Waals surface area contributed by atoms with Gasteiger partial charge in [0.15, 0.2) is 0 Å². The molecule has 0 aromatic carbocycles. The molecular weight excluding hydrogens is 196 g/mol. The molecule has 5 heteroatoms. The van der Waals surface area contributed by atoms with Gasteiger partial charge in [-0.3, -0.25) is 4.84 Å². The van der Waals surface area contributed by atoms with Crippen molar-refractivity contribution in [2.45, 2.75) is 39.7 Å². The lowest BCUT2D eigenvalue weighted by Gasteiger charge is -2.11. The Morgan fingerprint density at radius 1 is 1.33 bits per heavy atom. The Hall–Kier alpha value is -0.810. The molecule has 15 heavy (non-hydrogen) atoms. The molecule has 1 unspecified atom stereocenters. The highest BCUT2D eigenvalue weighted by molar-refractivity contribution is 5.67. The molecule has 1 atom stereocenters. The minimum absolute atomic E-state index is 0.0378. The summed E-state index contributed by atoms with van der Waals surface area (Å²) in [5, 5.41) is 2.60. The van der Waals surface area contributed by atoms with E-state index in [0.717, 1.165) is 19.4 Å². The van der Waals surface area contributed by atoms with Crippen molar-refractivity contribution in [3.8, 4) is 0 Å². The first-order chi connectivity index (χ1) is 7.20. The van der Waals surface area contributed by atoms with Crippen LogP contribution < -0.4 is 10.8 Å². The van der Waals surface area contributed by atoms with Crippen molar-refractivity contribution in [3.05, 3.63) is 0 Å². The lowest BCUT2D eigenvalue weighted by Crippen LogP contribution is -2.31. The molecule has 1 amide bonds. The predicted molar refractivity (Wildman–Crippen MR) is 58.5 cm³/mol. The predicted octanol–water partition coefficient (Wildman–Crippen LogP) is 1.44. The number of hydrogen-bond donors (Lipinski definition) is 2. The number of amides is 1. The summed E-state index contributed by atoms with van der Waals surface area (Å²) in [5.41, 5.74) is 2.77. The van der Waals surface area contributed by atoms with Gasteiger partial charge in [-0.2, -0.15) is 0 Å². The third-order valence-corrected chi connectivity index (χ3v) is 1.81. The molecule has 0 saturated heterocycles. The molecular formula is C10H22N2O3. The van der Waals surface area contributed by atoms with Gasteiger partial charge < -0.3 is 10.1 Å². The number of nitrogens with one attached hydrogen (secondary N) is 2. The molecule has 0 fully saturated rings. The van der Waals surface area contributed by atoms with E-state index in [1.54, 1.807) is 0 Å². The minimum atomic E-state index is -0.386. The van der Waals surface area contributed by atoms with Crippen LogP contribution in [0.15, 0.2) is 0 Å². The quantitative estimate of drug-likeness (QED) is 0.478. The average molecular weight is 218 g/mol. The van der Waals surface area contributed by atoms with Crippen molar-refractivity contribution in [3.63, 3.8) is 0 Å². The van der Waals surface area contributed by atoms with Crippen molar-refractivity contribution in [1.29, 1.82) is 0 Å². The third kappa shape index (κ3) is 9.49. The largest absolute Gasteiger partial charge is 0.447 e. The lowest BCUT2D eigenvalue weighted by atomic mass is 10.3. The zero-order valence-electron chi connectivity index (χ0n) is 9.84. The first kappa shape index (κ1) is 14.2. The van der Waals surface area contributed by atoms with Gasteiger partial charge in [-0.1, -0.05) is 13.8 Å². The summed E-state index contributed by atoms with van der Waals surface area (Å²) in [6.07, 6.45) is 1.42. The zero-order chi connectivity index (χ0) is 11.5. The summed E-state index contributed by atoms with van der Waals surface area (Å²) in [4.78, 5) is 16.1. The van der Waals surface area contributed by atoms with E-state index < -0.39 is 0 Å². The number of ether oxygens (including phenoxy) is 1. The molecule has 90 valence electrons. The Kier molecular flexibility index (Phi) is 9.21. The Bertz CT molecular complexity index is 165. The maximum absolute atomic E-state index is 11.1. The molecule has 0 aliphatic heterocycles. The van der Waals surface area contributed by atoms with Crippen LogP contribution in [0.4, 0.5) is 4.79 Å². The molecule has 0 aliphatic carbocycles. The van der Waals surface area contributed by atoms with Gasteiger partial charge in [0.2, 0.25) is 0 Å². The number of rotatable bonds is 8. The fraction of sp³-hybridized carbons (Fsp3) is 0.900. The van der Waals surface area contributed by atoms with E-state index in [-0.39, 0.29) is 12.2 Å². The summed E-state index contributed by atoms with van der Waals surface area (Å²) in [5.74, 6) is 0. The highest BCUT2D eigenvalue weighted by Crippen LogP contribution is 1.95. The number of alkyl carbamates (subject to hydrolysis) is 1. The van der Waals surface area contributed by atoms with Gasteiger partial charge in [-0.05, 0) is 19.8 Å². The van der Waals surface area contributed by atoms with Crippen molar-refractivity contribution < 1.29 is 14.4 Å². The van der Waals surface area contributed by atoms with Crippen molar-refractivity contribution in [2.75, 3.05) is 19.7 Å². The lowest BCUT2D eigenvalue weighted by molar-refractivity contribution is 0.0410. The van der Waals surface area contributed by atoms with Crippen molar-refractivity contribution in [2.24, 2.45) is 0 Å². The SMILES string of the molecule is CCCNOCCNC(=O)OC(C)CC. The second-order valence-corrected chi connectivity index (χ2v) is 3.29. The van der Waals surface area contributed by atoms with E-state index >= 15 is 0 Å². The molecule has 5 nitrogen and oxygen atoms in total. The monoisotopic (exact) mass is 218 g/mol. The second-order valence-electron chi connectivity index (χ2n) is 3.29. The summed E-state index contributed by atoms with van der Waals surface area (Å²) in [7, 11) is 0. The smallest absolute Gasteiger partial charge is 0.407 e. The molecule has 0 heterocycles. The normalized spacial score (nSPS) is 12.2. The molecule has 0 rings (SSSR count). The van der Waals surface area contributed by atoms with Crippen LogP contribution in [0.5, 0.6) is 0 Å². The van der Waals surface area contributed by atoms with Gasteiger partial charge in [0.25, 0.3) is 0 Å². The Morgan fingerprint density at radius 2 is 2.07 bits per heavy atom. The number of carbonyl (C=O) groups is 1. The maximum atomic E-state index is 11.1. The Labute approximate surface area is 91.5 Å². The van der Waals surface area contributed by atoms with Gasteiger partial charge in [0, 0.05) is 13.1 Å². The van der Waals surface area contributed by atoms with Gasteiger partial charge in [-0.25, -0.2) is 10.3 Å². The fourth-order valence-corrected chi connectivity index (χ4v) is 0.758. The van der Waals surface area contributed by atoms with E-state index in [4.69, 9.17) is 9.57 Å². The second kappa shape index (κ2) is 9.73. The van der Waals surface area contributed by atoms with Crippen LogP contribution in [0, 0.1) is 0 Å². The standard InChI is InChI=1S/C10H22N2O3/c1-4-6-12-14-8-7-11-10(13)15-9(3)5-2/h9,12H,4-8H2,1-3H3,(H,11,13). The van der Waals surface area contributed by atoms with Crippen LogP contribution in [0.25, 0.3) is 0 Å². The van der Waals surface area contributed by atoms with E-state index in [9.17, 15) is 4.79 Å². The van der Waals surface area contributed by atoms with E-state index in [1.807, 2.05) is 13.8 Å². The highest BCUT2D eigenvalue weighted by atomic mass is 16.6. The summed E-state index contributed by atoms with van der Waals surface area (Å²) < 4.78 is 5.00. The molecule has 2 N–H and O–H groups in total. The third-order valence-electron chi connectivity index (χ3n) is 1.81. The van der Waals surface area contributed by atoms with Crippen LogP contribution >= 0.6 is 0 Å². The van der Waals surface area contributed by atoms with Crippen LogP contribution in [-0.2, 0) is 9.57 Å². The first-order valence-electron chi connectivity index (χ1n) is 5.49. The molecule has 0 aromatic heterocycles. The zero-order valence-corrected chi connectivity index (χ0v) is 9.84. The van der Waals surface area contributed by atoms with Gasteiger partial charge in [0.1, 0.15) is 6.10 Å². The van der Waals surface area contributed by atoms with Gasteiger partial charge in [-0.15, -0.1) is 0 Å². The summed E-state index contributed by atoms with van der Waals surface area (Å²) in [6, 6.07) is 0. The van der Waals surface area contributed by atoms with Crippen molar-refractivity contribution >= 4 is 6.09 Å². The topological polar surface area (TPSA) is 59.6 Å². The van der Waals surface area contributed by atoms with Crippen LogP contribution in [0.3, 0.4) is 0 Å². The average Bonchev–Trinajstić information content (AvgIpc) is 2.23. The van der Waals surface area contributed by atoms with Crippen LogP contribution in [0.1, 0.15) is 33.6 Å². The molecule has 0 aliphatic rings. The van der Waals surface area contributed by atoms with E-state index in [1.165, 1.54) is 0 Å². The van der Waals surface area contributed by atoms with E-state index in [2.05, 4.69) is 17.7 Å². The van der Waals surface area contributed by atoms with E-state index in [0.29, 0.717) is 13.2 Å². The summed E-state index contributed by atoms with van der Waals surface area (Å²) in [6.45, 7) is 7.59. The van der Waals surface area contributed by atoms with Crippen LogP contribution in [-0.4, -0.2) is 31.9 Å². The molecule has 0 bridgehead atoms. The molecule has 0 radical (unpaired) electrons. The number of hydroxylamine groups is 1.